The van der Waals surface area contributed by atoms with Crippen molar-refractivity contribution in [2.45, 2.75) is 0 Å². The van der Waals surface area contributed by atoms with Crippen molar-refractivity contribution in [3.8, 4) is 0 Å². The van der Waals surface area contributed by atoms with E-state index in [0.29, 0.717) is 18.7 Å². The third-order valence-electron chi connectivity index (χ3n) is 4.02. The molecule has 0 radical (unpaired) electrons. The SMILES string of the molecule is NC(=O)c1ccc(C(=O)N2CCN(c3ccccn3)CC2)cc1Cl. The van der Waals surface area contributed by atoms with Crippen molar-refractivity contribution in [1.29, 1.82) is 0 Å². The average molecular weight is 345 g/mol. The number of anilines is 1. The molecule has 24 heavy (non-hydrogen) atoms. The van der Waals surface area contributed by atoms with E-state index in [2.05, 4.69) is 9.88 Å². The summed E-state index contributed by atoms with van der Waals surface area (Å²) >= 11 is 6.02. The fourth-order valence-corrected chi connectivity index (χ4v) is 2.98. The van der Waals surface area contributed by atoms with Crippen LogP contribution in [-0.4, -0.2) is 47.9 Å². The molecular formula is C17H17ClN4O2. The zero-order chi connectivity index (χ0) is 17.1. The van der Waals surface area contributed by atoms with Gasteiger partial charge in [-0.15, -0.1) is 0 Å². The number of hydrogen-bond donors (Lipinski definition) is 1. The number of primary amides is 1. The molecule has 0 saturated carbocycles. The van der Waals surface area contributed by atoms with Crippen LogP contribution in [0.4, 0.5) is 5.82 Å². The van der Waals surface area contributed by atoms with E-state index >= 15 is 0 Å². The van der Waals surface area contributed by atoms with E-state index in [1.807, 2.05) is 18.2 Å². The summed E-state index contributed by atoms with van der Waals surface area (Å²) in [6.07, 6.45) is 1.76. The predicted molar refractivity (Wildman–Crippen MR) is 92.3 cm³/mol. The van der Waals surface area contributed by atoms with Crippen LogP contribution >= 0.6 is 11.6 Å². The van der Waals surface area contributed by atoms with Crippen LogP contribution in [0.5, 0.6) is 0 Å². The molecule has 2 N–H and O–H groups in total. The summed E-state index contributed by atoms with van der Waals surface area (Å²) in [5.41, 5.74) is 5.89. The van der Waals surface area contributed by atoms with Crippen molar-refractivity contribution < 1.29 is 9.59 Å². The lowest BCUT2D eigenvalue weighted by molar-refractivity contribution is 0.0746. The van der Waals surface area contributed by atoms with Crippen molar-refractivity contribution in [3.63, 3.8) is 0 Å². The molecule has 1 aliphatic heterocycles. The lowest BCUT2D eigenvalue weighted by Crippen LogP contribution is -2.49. The largest absolute Gasteiger partial charge is 0.366 e. The molecule has 3 rings (SSSR count). The first-order valence-electron chi connectivity index (χ1n) is 7.61. The Hall–Kier alpha value is -2.60. The molecule has 0 unspecified atom stereocenters. The number of nitrogens with zero attached hydrogens (tertiary/aromatic N) is 3. The zero-order valence-electron chi connectivity index (χ0n) is 13.0. The summed E-state index contributed by atoms with van der Waals surface area (Å²) in [5.74, 6) is 0.204. The number of carbonyl (C=O) groups excluding carboxylic acids is 2. The molecule has 6 nitrogen and oxygen atoms in total. The van der Waals surface area contributed by atoms with Gasteiger partial charge >= 0.3 is 0 Å². The quantitative estimate of drug-likeness (QED) is 0.920. The highest BCUT2D eigenvalue weighted by Crippen LogP contribution is 2.20. The smallest absolute Gasteiger partial charge is 0.254 e. The molecule has 1 fully saturated rings. The second-order valence-corrected chi connectivity index (χ2v) is 5.93. The van der Waals surface area contributed by atoms with Crippen molar-refractivity contribution in [2.24, 2.45) is 5.73 Å². The maximum atomic E-state index is 12.6. The minimum atomic E-state index is -0.608. The van der Waals surface area contributed by atoms with Crippen molar-refractivity contribution in [1.82, 2.24) is 9.88 Å². The van der Waals surface area contributed by atoms with Gasteiger partial charge in [0.2, 0.25) is 5.91 Å². The van der Waals surface area contributed by atoms with E-state index in [-0.39, 0.29) is 16.5 Å². The lowest BCUT2D eigenvalue weighted by atomic mass is 10.1. The van der Waals surface area contributed by atoms with Crippen molar-refractivity contribution >= 4 is 29.2 Å². The Balaban J connectivity index is 1.67. The van der Waals surface area contributed by atoms with E-state index in [9.17, 15) is 9.59 Å². The van der Waals surface area contributed by atoms with Gasteiger partial charge in [-0.25, -0.2) is 4.98 Å². The van der Waals surface area contributed by atoms with E-state index in [1.54, 1.807) is 17.2 Å². The Morgan fingerprint density at radius 2 is 1.83 bits per heavy atom. The number of pyridine rings is 1. The van der Waals surface area contributed by atoms with Gasteiger partial charge in [-0.3, -0.25) is 9.59 Å². The Bertz CT molecular complexity index is 758. The average Bonchev–Trinajstić information content (AvgIpc) is 2.61. The molecule has 0 aliphatic carbocycles. The summed E-state index contributed by atoms with van der Waals surface area (Å²) in [7, 11) is 0. The van der Waals surface area contributed by atoms with Gasteiger partial charge in [-0.1, -0.05) is 17.7 Å². The summed E-state index contributed by atoms with van der Waals surface area (Å²) in [6, 6.07) is 10.3. The summed E-state index contributed by atoms with van der Waals surface area (Å²) in [6.45, 7) is 2.64. The number of rotatable bonds is 3. The third-order valence-corrected chi connectivity index (χ3v) is 4.33. The number of piperazine rings is 1. The fraction of sp³-hybridized carbons (Fsp3) is 0.235. The Morgan fingerprint density at radius 3 is 2.42 bits per heavy atom. The van der Waals surface area contributed by atoms with Gasteiger partial charge in [0.25, 0.3) is 5.91 Å². The molecule has 0 spiro atoms. The maximum Gasteiger partial charge on any atom is 0.254 e. The molecule has 1 aliphatic rings. The molecule has 0 bridgehead atoms. The maximum absolute atomic E-state index is 12.6. The summed E-state index contributed by atoms with van der Waals surface area (Å²) in [4.78, 5) is 32.0. The molecule has 1 aromatic heterocycles. The molecular weight excluding hydrogens is 328 g/mol. The van der Waals surface area contributed by atoms with Gasteiger partial charge in [-0.05, 0) is 30.3 Å². The Morgan fingerprint density at radius 1 is 1.08 bits per heavy atom. The number of hydrogen-bond acceptors (Lipinski definition) is 4. The molecule has 0 atom stereocenters. The topological polar surface area (TPSA) is 79.5 Å². The first-order valence-corrected chi connectivity index (χ1v) is 7.98. The fourth-order valence-electron chi connectivity index (χ4n) is 2.71. The van der Waals surface area contributed by atoms with Crippen LogP contribution in [-0.2, 0) is 0 Å². The van der Waals surface area contributed by atoms with Gasteiger partial charge in [0, 0.05) is 37.9 Å². The highest BCUT2D eigenvalue weighted by Gasteiger charge is 2.23. The van der Waals surface area contributed by atoms with Gasteiger partial charge in [-0.2, -0.15) is 0 Å². The molecule has 124 valence electrons. The number of nitrogens with two attached hydrogens (primary N) is 1. The second kappa shape index (κ2) is 6.88. The van der Waals surface area contributed by atoms with Crippen molar-refractivity contribution in [2.75, 3.05) is 31.1 Å². The Labute approximate surface area is 144 Å². The van der Waals surface area contributed by atoms with E-state index in [1.165, 1.54) is 12.1 Å². The summed E-state index contributed by atoms with van der Waals surface area (Å²) < 4.78 is 0. The predicted octanol–water partition coefficient (Wildman–Crippen LogP) is 1.80. The van der Waals surface area contributed by atoms with E-state index < -0.39 is 5.91 Å². The molecule has 2 amide bonds. The minimum absolute atomic E-state index is 0.103. The van der Waals surface area contributed by atoms with Crippen LogP contribution in [0.2, 0.25) is 5.02 Å². The number of benzene rings is 1. The minimum Gasteiger partial charge on any atom is -0.366 e. The third kappa shape index (κ3) is 3.33. The number of carbonyl (C=O) groups is 2. The zero-order valence-corrected chi connectivity index (χ0v) is 13.7. The molecule has 1 saturated heterocycles. The first kappa shape index (κ1) is 16.3. The van der Waals surface area contributed by atoms with Crippen LogP contribution in [0.3, 0.4) is 0 Å². The first-order chi connectivity index (χ1) is 11.6. The standard InChI is InChI=1S/C17H17ClN4O2/c18-14-11-12(4-5-13(14)16(19)23)17(24)22-9-7-21(8-10-22)15-3-1-2-6-20-15/h1-6,11H,7-10H2,(H2,19,23). The summed E-state index contributed by atoms with van der Waals surface area (Å²) in [5, 5.41) is 0.195. The van der Waals surface area contributed by atoms with Crippen LogP contribution in [0, 0.1) is 0 Å². The molecule has 1 aromatic carbocycles. The molecule has 2 heterocycles. The van der Waals surface area contributed by atoms with Crippen LogP contribution in [0.15, 0.2) is 42.6 Å². The van der Waals surface area contributed by atoms with Gasteiger partial charge in [0.15, 0.2) is 0 Å². The van der Waals surface area contributed by atoms with Gasteiger partial charge in [0.05, 0.1) is 10.6 Å². The number of amides is 2. The van der Waals surface area contributed by atoms with Crippen LogP contribution in [0.25, 0.3) is 0 Å². The number of aromatic nitrogens is 1. The highest BCUT2D eigenvalue weighted by atomic mass is 35.5. The molecule has 2 aromatic rings. The lowest BCUT2D eigenvalue weighted by Gasteiger charge is -2.35. The van der Waals surface area contributed by atoms with Crippen molar-refractivity contribution in [3.05, 3.63) is 58.7 Å². The van der Waals surface area contributed by atoms with Crippen LogP contribution < -0.4 is 10.6 Å². The monoisotopic (exact) mass is 344 g/mol. The normalized spacial score (nSPS) is 14.5. The van der Waals surface area contributed by atoms with E-state index in [4.69, 9.17) is 17.3 Å². The highest BCUT2D eigenvalue weighted by molar-refractivity contribution is 6.34. The number of halogens is 1. The van der Waals surface area contributed by atoms with Crippen LogP contribution in [0.1, 0.15) is 20.7 Å². The Kier molecular flexibility index (Phi) is 4.66. The second-order valence-electron chi connectivity index (χ2n) is 5.53. The van der Waals surface area contributed by atoms with E-state index in [0.717, 1.165) is 18.9 Å². The van der Waals surface area contributed by atoms with Gasteiger partial charge in [0.1, 0.15) is 5.82 Å². The van der Waals surface area contributed by atoms with Gasteiger partial charge < -0.3 is 15.5 Å². The molecule has 7 heteroatoms.